The van der Waals surface area contributed by atoms with E-state index < -0.39 is 0 Å². The number of nitrogens with one attached hydrogen (secondary N) is 1. The number of aromatic nitrogens is 1. The number of piperidine rings is 1. The van der Waals surface area contributed by atoms with Crippen LogP contribution in [0.3, 0.4) is 0 Å². The number of hydrogen-bond donors (Lipinski definition) is 1. The fraction of sp³-hybridized carbons (Fsp3) is 0.440. The van der Waals surface area contributed by atoms with Crippen LogP contribution in [0.1, 0.15) is 54.7 Å². The van der Waals surface area contributed by atoms with Gasteiger partial charge in [-0.05, 0) is 82.1 Å². The first-order valence-corrected chi connectivity index (χ1v) is 11.3. The molecule has 0 aliphatic carbocycles. The van der Waals surface area contributed by atoms with E-state index in [2.05, 4.69) is 22.3 Å². The van der Waals surface area contributed by atoms with Gasteiger partial charge in [0.25, 0.3) is 5.91 Å². The van der Waals surface area contributed by atoms with E-state index in [9.17, 15) is 4.79 Å². The summed E-state index contributed by atoms with van der Waals surface area (Å²) >= 11 is 0. The van der Waals surface area contributed by atoms with Gasteiger partial charge in [0.05, 0.1) is 12.6 Å². The summed E-state index contributed by atoms with van der Waals surface area (Å²) in [7, 11) is 0. The van der Waals surface area contributed by atoms with Gasteiger partial charge in [0.15, 0.2) is 11.5 Å². The average Bonchev–Trinajstić information content (AvgIpc) is 3.45. The molecule has 1 fully saturated rings. The van der Waals surface area contributed by atoms with Crippen LogP contribution in [-0.4, -0.2) is 42.2 Å². The van der Waals surface area contributed by atoms with Gasteiger partial charge in [0, 0.05) is 18.2 Å². The molecule has 4 rings (SSSR count). The Hall–Kier alpha value is -3.06. The van der Waals surface area contributed by atoms with Crippen LogP contribution in [0.25, 0.3) is 11.3 Å². The molecular weight excluding hydrogens is 406 g/mol. The Morgan fingerprint density at radius 3 is 2.62 bits per heavy atom. The van der Waals surface area contributed by atoms with E-state index >= 15 is 0 Å². The normalized spacial score (nSPS) is 16.1. The minimum Gasteiger partial charge on any atom is -0.494 e. The highest BCUT2D eigenvalue weighted by Crippen LogP contribution is 2.28. The van der Waals surface area contributed by atoms with E-state index in [1.807, 2.05) is 50.2 Å². The molecule has 2 aromatic heterocycles. The van der Waals surface area contributed by atoms with Crippen molar-refractivity contribution in [1.82, 2.24) is 15.4 Å². The monoisotopic (exact) mass is 437 g/mol. The second kappa shape index (κ2) is 10.0. The zero-order chi connectivity index (χ0) is 22.5. The minimum absolute atomic E-state index is 0.00219. The minimum atomic E-state index is -0.260. The second-order valence-electron chi connectivity index (χ2n) is 8.43. The van der Waals surface area contributed by atoms with Crippen molar-refractivity contribution in [3.63, 3.8) is 0 Å². The lowest BCUT2D eigenvalue weighted by Crippen LogP contribution is -2.41. The van der Waals surface area contributed by atoms with Gasteiger partial charge in [0.2, 0.25) is 0 Å². The molecule has 3 heterocycles. The molecule has 7 heteroatoms. The van der Waals surface area contributed by atoms with Crippen LogP contribution in [0.5, 0.6) is 5.75 Å². The molecule has 32 heavy (non-hydrogen) atoms. The molecule has 1 atom stereocenters. The molecule has 0 unspecified atom stereocenters. The van der Waals surface area contributed by atoms with Crippen LogP contribution in [0, 0.1) is 12.8 Å². The number of furan rings is 1. The summed E-state index contributed by atoms with van der Waals surface area (Å²) in [5.41, 5.74) is 1.10. The molecule has 0 radical (unpaired) electrons. The van der Waals surface area contributed by atoms with Crippen LogP contribution in [0.15, 0.2) is 51.4 Å². The van der Waals surface area contributed by atoms with Crippen LogP contribution >= 0.6 is 0 Å². The number of rotatable bonds is 8. The first kappa shape index (κ1) is 22.1. The zero-order valence-electron chi connectivity index (χ0n) is 19.0. The predicted molar refractivity (Wildman–Crippen MR) is 122 cm³/mol. The van der Waals surface area contributed by atoms with Crippen LogP contribution in [-0.2, 0) is 0 Å². The number of likely N-dealkylation sites (tertiary alicyclic amines) is 1. The maximum Gasteiger partial charge on any atom is 0.273 e. The SMILES string of the molecule is CCOc1ccc(-c2cc(C(=O)NC[C@H](c3ccc(C)o3)N3CCC(C)CC3)no2)cc1. The lowest BCUT2D eigenvalue weighted by molar-refractivity contribution is 0.0887. The van der Waals surface area contributed by atoms with Gasteiger partial charge < -0.3 is 19.0 Å². The molecule has 0 spiro atoms. The molecule has 1 amide bonds. The number of nitrogens with zero attached hydrogens (tertiary/aromatic N) is 2. The molecule has 0 saturated carbocycles. The van der Waals surface area contributed by atoms with Crippen molar-refractivity contribution in [3.8, 4) is 17.1 Å². The van der Waals surface area contributed by atoms with E-state index in [0.29, 0.717) is 18.9 Å². The van der Waals surface area contributed by atoms with Crippen molar-refractivity contribution in [3.05, 3.63) is 59.7 Å². The van der Waals surface area contributed by atoms with Crippen molar-refractivity contribution in [2.24, 2.45) is 5.92 Å². The largest absolute Gasteiger partial charge is 0.494 e. The summed E-state index contributed by atoms with van der Waals surface area (Å²) in [5.74, 6) is 3.56. The molecule has 3 aromatic rings. The van der Waals surface area contributed by atoms with Gasteiger partial charge in [-0.15, -0.1) is 0 Å². The molecule has 0 bridgehead atoms. The standard InChI is InChI=1S/C25H31N3O4/c1-4-30-20-8-6-19(7-9-20)24-15-21(27-32-24)25(29)26-16-22(23-10-5-18(3)31-23)28-13-11-17(2)12-14-28/h5-10,15,17,22H,4,11-14,16H2,1-3H3,(H,26,29)/t22-/m1/s1. The summed E-state index contributed by atoms with van der Waals surface area (Å²) < 4.78 is 16.8. The van der Waals surface area contributed by atoms with Gasteiger partial charge in [-0.2, -0.15) is 0 Å². The van der Waals surface area contributed by atoms with Crippen LogP contribution in [0.4, 0.5) is 0 Å². The first-order chi connectivity index (χ1) is 15.5. The van der Waals surface area contributed by atoms with Gasteiger partial charge >= 0.3 is 0 Å². The fourth-order valence-electron chi connectivity index (χ4n) is 4.06. The maximum atomic E-state index is 12.8. The Balaban J connectivity index is 1.42. The summed E-state index contributed by atoms with van der Waals surface area (Å²) in [6.07, 6.45) is 2.30. The summed E-state index contributed by atoms with van der Waals surface area (Å²) in [4.78, 5) is 15.2. The Bertz CT molecular complexity index is 1020. The Morgan fingerprint density at radius 1 is 1.22 bits per heavy atom. The lowest BCUT2D eigenvalue weighted by Gasteiger charge is -2.35. The lowest BCUT2D eigenvalue weighted by atomic mass is 9.97. The topological polar surface area (TPSA) is 80.7 Å². The van der Waals surface area contributed by atoms with Gasteiger partial charge in [-0.25, -0.2) is 0 Å². The third kappa shape index (κ3) is 5.22. The zero-order valence-corrected chi connectivity index (χ0v) is 19.0. The average molecular weight is 438 g/mol. The van der Waals surface area contributed by atoms with E-state index in [1.165, 1.54) is 0 Å². The van der Waals surface area contributed by atoms with Crippen molar-refractivity contribution in [2.75, 3.05) is 26.2 Å². The van der Waals surface area contributed by atoms with Crippen LogP contribution < -0.4 is 10.1 Å². The van der Waals surface area contributed by atoms with E-state index in [1.54, 1.807) is 6.07 Å². The Labute approximate surface area is 188 Å². The van der Waals surface area contributed by atoms with Gasteiger partial charge in [-0.1, -0.05) is 12.1 Å². The smallest absolute Gasteiger partial charge is 0.273 e. The van der Waals surface area contributed by atoms with Gasteiger partial charge in [0.1, 0.15) is 17.3 Å². The second-order valence-corrected chi connectivity index (χ2v) is 8.43. The Kier molecular flexibility index (Phi) is 6.95. The number of ether oxygens (including phenoxy) is 1. The van der Waals surface area contributed by atoms with E-state index in [-0.39, 0.29) is 17.6 Å². The molecule has 170 valence electrons. The van der Waals surface area contributed by atoms with E-state index in [4.69, 9.17) is 13.7 Å². The molecule has 7 nitrogen and oxygen atoms in total. The molecule has 1 saturated heterocycles. The molecular formula is C25H31N3O4. The van der Waals surface area contributed by atoms with Crippen molar-refractivity contribution < 1.29 is 18.5 Å². The third-order valence-electron chi connectivity index (χ3n) is 6.00. The predicted octanol–water partition coefficient (Wildman–Crippen LogP) is 4.84. The van der Waals surface area contributed by atoms with Gasteiger partial charge in [-0.3, -0.25) is 9.69 Å². The van der Waals surface area contributed by atoms with Crippen molar-refractivity contribution >= 4 is 5.91 Å². The summed E-state index contributed by atoms with van der Waals surface area (Å²) in [6, 6.07) is 13.2. The number of hydrogen-bond acceptors (Lipinski definition) is 6. The highest BCUT2D eigenvalue weighted by molar-refractivity contribution is 5.93. The number of carbonyl (C=O) groups excluding carboxylic acids is 1. The Morgan fingerprint density at radius 2 is 1.97 bits per heavy atom. The van der Waals surface area contributed by atoms with Crippen LogP contribution in [0.2, 0.25) is 0 Å². The number of amides is 1. The highest BCUT2D eigenvalue weighted by atomic mass is 16.5. The van der Waals surface area contributed by atoms with E-state index in [0.717, 1.165) is 54.7 Å². The quantitative estimate of drug-likeness (QED) is 0.543. The van der Waals surface area contributed by atoms with Crippen molar-refractivity contribution in [2.45, 2.75) is 39.7 Å². The molecule has 1 aliphatic rings. The fourth-order valence-corrected chi connectivity index (χ4v) is 4.06. The first-order valence-electron chi connectivity index (χ1n) is 11.3. The number of carbonyl (C=O) groups is 1. The maximum absolute atomic E-state index is 12.8. The summed E-state index contributed by atoms with van der Waals surface area (Å²) in [6.45, 7) is 9.22. The summed E-state index contributed by atoms with van der Waals surface area (Å²) in [5, 5.41) is 7.00. The highest BCUT2D eigenvalue weighted by Gasteiger charge is 2.27. The molecule has 1 aromatic carbocycles. The molecule has 1 aliphatic heterocycles. The molecule has 1 N–H and O–H groups in total. The number of benzene rings is 1. The number of aryl methyl sites for hydroxylation is 1. The van der Waals surface area contributed by atoms with Crippen molar-refractivity contribution in [1.29, 1.82) is 0 Å². The third-order valence-corrected chi connectivity index (χ3v) is 6.00.